The molecule has 1 unspecified atom stereocenters. The molecule has 20 heavy (non-hydrogen) atoms. The Morgan fingerprint density at radius 2 is 1.90 bits per heavy atom. The van der Waals surface area contributed by atoms with Gasteiger partial charge in [-0.15, -0.1) is 0 Å². The van der Waals surface area contributed by atoms with Crippen LogP contribution in [-0.4, -0.2) is 45.9 Å². The molecule has 1 heterocycles. The van der Waals surface area contributed by atoms with Crippen molar-refractivity contribution in [3.05, 3.63) is 24.3 Å². The molecule has 1 aromatic rings. The van der Waals surface area contributed by atoms with Crippen LogP contribution < -0.4 is 10.6 Å². The third kappa shape index (κ3) is 3.71. The number of benzene rings is 1. The van der Waals surface area contributed by atoms with Gasteiger partial charge in [-0.05, 0) is 43.7 Å². The summed E-state index contributed by atoms with van der Waals surface area (Å²) in [6.45, 7) is 2.04. The Bertz CT molecular complexity index is 518. The first-order valence-corrected chi connectivity index (χ1v) is 8.44. The van der Waals surface area contributed by atoms with Gasteiger partial charge in [0.25, 0.3) is 0 Å². The smallest absolute Gasteiger partial charge is 0.242 e. The van der Waals surface area contributed by atoms with E-state index in [2.05, 4.69) is 10.6 Å². The molecule has 1 aliphatic heterocycles. The first-order valence-electron chi connectivity index (χ1n) is 7.00. The second-order valence-electron chi connectivity index (χ2n) is 5.35. The van der Waals surface area contributed by atoms with Gasteiger partial charge >= 0.3 is 0 Å². The fourth-order valence-electron chi connectivity index (χ4n) is 2.31. The molecule has 1 atom stereocenters. The van der Waals surface area contributed by atoms with E-state index in [-0.39, 0.29) is 0 Å². The van der Waals surface area contributed by atoms with Crippen LogP contribution in [0.25, 0.3) is 0 Å². The molecule has 2 N–H and O–H groups in total. The Morgan fingerprint density at radius 3 is 2.55 bits per heavy atom. The van der Waals surface area contributed by atoms with E-state index in [9.17, 15) is 8.42 Å². The van der Waals surface area contributed by atoms with Gasteiger partial charge in [0.05, 0.1) is 4.90 Å². The molecule has 5 nitrogen and oxygen atoms in total. The quantitative estimate of drug-likeness (QED) is 0.884. The molecule has 6 heteroatoms. The second-order valence-corrected chi connectivity index (χ2v) is 7.50. The maximum Gasteiger partial charge on any atom is 0.242 e. The highest BCUT2D eigenvalue weighted by Gasteiger charge is 2.17. The number of nitrogens with zero attached hydrogens (tertiary/aromatic N) is 1. The summed E-state index contributed by atoms with van der Waals surface area (Å²) in [5.74, 6) is 0. The predicted octanol–water partition coefficient (Wildman–Crippen LogP) is 1.49. The molecule has 0 aliphatic carbocycles. The molecule has 0 spiro atoms. The average Bonchev–Trinajstić information content (AvgIpc) is 2.68. The van der Waals surface area contributed by atoms with Crippen LogP contribution in [0.1, 0.15) is 19.3 Å². The molecular weight excluding hydrogens is 274 g/mol. The van der Waals surface area contributed by atoms with Gasteiger partial charge < -0.3 is 10.6 Å². The Balaban J connectivity index is 2.05. The highest BCUT2D eigenvalue weighted by molar-refractivity contribution is 7.89. The molecule has 112 valence electrons. The van der Waals surface area contributed by atoms with Crippen molar-refractivity contribution < 1.29 is 8.42 Å². The van der Waals surface area contributed by atoms with Crippen molar-refractivity contribution in [2.24, 2.45) is 0 Å². The number of hydrogen-bond donors (Lipinski definition) is 2. The molecule has 1 aromatic carbocycles. The molecular formula is C14H23N3O2S. The summed E-state index contributed by atoms with van der Waals surface area (Å²) in [6.07, 6.45) is 3.58. The van der Waals surface area contributed by atoms with Crippen LogP contribution in [-0.2, 0) is 10.0 Å². The Kier molecular flexibility index (Phi) is 5.01. The minimum Gasteiger partial charge on any atom is -0.381 e. The van der Waals surface area contributed by atoms with Gasteiger partial charge in [0.15, 0.2) is 0 Å². The fraction of sp³-hybridized carbons (Fsp3) is 0.571. The average molecular weight is 297 g/mol. The first kappa shape index (κ1) is 15.3. The largest absolute Gasteiger partial charge is 0.381 e. The van der Waals surface area contributed by atoms with Crippen molar-refractivity contribution in [3.8, 4) is 0 Å². The van der Waals surface area contributed by atoms with Gasteiger partial charge in [0.1, 0.15) is 0 Å². The van der Waals surface area contributed by atoms with Crippen LogP contribution in [0.5, 0.6) is 0 Å². The van der Waals surface area contributed by atoms with Crippen LogP contribution in [0.15, 0.2) is 29.2 Å². The lowest BCUT2D eigenvalue weighted by Crippen LogP contribution is -2.30. The third-order valence-corrected chi connectivity index (χ3v) is 5.38. The van der Waals surface area contributed by atoms with Crippen LogP contribution in [0.3, 0.4) is 0 Å². The van der Waals surface area contributed by atoms with E-state index in [1.165, 1.54) is 17.1 Å². The molecule has 1 saturated heterocycles. The van der Waals surface area contributed by atoms with Crippen molar-refractivity contribution in [2.45, 2.75) is 30.2 Å². The number of anilines is 1. The summed E-state index contributed by atoms with van der Waals surface area (Å²) >= 11 is 0. The summed E-state index contributed by atoms with van der Waals surface area (Å²) < 4.78 is 25.2. The van der Waals surface area contributed by atoms with E-state index in [1.54, 1.807) is 26.2 Å². The molecule has 0 aromatic heterocycles. The number of sulfonamides is 1. The van der Waals surface area contributed by atoms with Gasteiger partial charge in [0.2, 0.25) is 10.0 Å². The summed E-state index contributed by atoms with van der Waals surface area (Å²) in [6, 6.07) is 7.39. The zero-order valence-electron chi connectivity index (χ0n) is 12.1. The first-order chi connectivity index (χ1) is 9.50. The fourth-order valence-corrected chi connectivity index (χ4v) is 3.21. The highest BCUT2D eigenvalue weighted by atomic mass is 32.2. The Labute approximate surface area is 121 Å². The Hall–Kier alpha value is -1.11. The van der Waals surface area contributed by atoms with E-state index < -0.39 is 10.0 Å². The predicted molar refractivity (Wildman–Crippen MR) is 81.4 cm³/mol. The lowest BCUT2D eigenvalue weighted by molar-refractivity contribution is 0.521. The SMILES string of the molecule is CN(C)S(=O)(=O)c1ccc(NC2CCCCNC2)cc1. The topological polar surface area (TPSA) is 61.4 Å². The zero-order valence-corrected chi connectivity index (χ0v) is 12.9. The van der Waals surface area contributed by atoms with Gasteiger partial charge in [-0.1, -0.05) is 6.42 Å². The molecule has 1 aliphatic rings. The maximum atomic E-state index is 12.0. The van der Waals surface area contributed by atoms with E-state index in [1.807, 2.05) is 12.1 Å². The van der Waals surface area contributed by atoms with Crippen molar-refractivity contribution in [1.82, 2.24) is 9.62 Å². The van der Waals surface area contributed by atoms with E-state index >= 15 is 0 Å². The van der Waals surface area contributed by atoms with Gasteiger partial charge in [0, 0.05) is 32.4 Å². The van der Waals surface area contributed by atoms with Gasteiger partial charge in [-0.25, -0.2) is 12.7 Å². The van der Waals surface area contributed by atoms with Crippen molar-refractivity contribution in [2.75, 3.05) is 32.5 Å². The van der Waals surface area contributed by atoms with E-state index in [4.69, 9.17) is 0 Å². The van der Waals surface area contributed by atoms with Crippen LogP contribution in [0, 0.1) is 0 Å². The monoisotopic (exact) mass is 297 g/mol. The van der Waals surface area contributed by atoms with Crippen molar-refractivity contribution >= 4 is 15.7 Å². The summed E-state index contributed by atoms with van der Waals surface area (Å²) in [5, 5.41) is 6.86. The van der Waals surface area contributed by atoms with Crippen molar-refractivity contribution in [3.63, 3.8) is 0 Å². The molecule has 0 saturated carbocycles. The molecule has 0 radical (unpaired) electrons. The van der Waals surface area contributed by atoms with Crippen LogP contribution >= 0.6 is 0 Å². The molecule has 0 amide bonds. The highest BCUT2D eigenvalue weighted by Crippen LogP contribution is 2.18. The molecule has 0 bridgehead atoms. The minimum absolute atomic E-state index is 0.326. The van der Waals surface area contributed by atoms with Crippen LogP contribution in [0.2, 0.25) is 0 Å². The lowest BCUT2D eigenvalue weighted by atomic mass is 10.1. The van der Waals surface area contributed by atoms with E-state index in [0.717, 1.165) is 25.2 Å². The van der Waals surface area contributed by atoms with Gasteiger partial charge in [-0.2, -0.15) is 0 Å². The zero-order chi connectivity index (χ0) is 14.6. The number of hydrogen-bond acceptors (Lipinski definition) is 4. The summed E-state index contributed by atoms with van der Waals surface area (Å²) in [7, 11) is -0.259. The summed E-state index contributed by atoms with van der Waals surface area (Å²) in [5.41, 5.74) is 0.969. The second kappa shape index (κ2) is 6.56. The standard InChI is InChI=1S/C14H23N3O2S/c1-17(2)20(18,19)14-8-6-12(7-9-14)16-13-5-3-4-10-15-11-13/h6-9,13,15-16H,3-5,10-11H2,1-2H3. The maximum absolute atomic E-state index is 12.0. The number of nitrogens with one attached hydrogen (secondary N) is 2. The van der Waals surface area contributed by atoms with E-state index in [0.29, 0.717) is 10.9 Å². The lowest BCUT2D eigenvalue weighted by Gasteiger charge is -2.18. The normalized spacial score (nSPS) is 20.6. The molecule has 1 fully saturated rings. The minimum atomic E-state index is -3.34. The number of rotatable bonds is 4. The van der Waals surface area contributed by atoms with Crippen LogP contribution in [0.4, 0.5) is 5.69 Å². The molecule has 2 rings (SSSR count). The Morgan fingerprint density at radius 1 is 1.20 bits per heavy atom. The van der Waals surface area contributed by atoms with Crippen molar-refractivity contribution in [1.29, 1.82) is 0 Å². The third-order valence-electron chi connectivity index (χ3n) is 3.55. The van der Waals surface area contributed by atoms with Gasteiger partial charge in [-0.3, -0.25) is 0 Å². The summed E-state index contributed by atoms with van der Waals surface area (Å²) in [4.78, 5) is 0.326.